The van der Waals surface area contributed by atoms with Crippen molar-refractivity contribution in [1.29, 1.82) is 0 Å². The molecule has 150 valence electrons. The van der Waals surface area contributed by atoms with E-state index in [4.69, 9.17) is 14.5 Å². The molecular weight excluding hydrogens is 431 g/mol. The fourth-order valence-electron chi connectivity index (χ4n) is 2.78. The molecule has 7 heteroatoms. The molecular formula is C18H39IN4O2. The second-order valence-corrected chi connectivity index (χ2v) is 6.67. The van der Waals surface area contributed by atoms with Gasteiger partial charge >= 0.3 is 0 Å². The summed E-state index contributed by atoms with van der Waals surface area (Å²) in [5.74, 6) is 1.79. The van der Waals surface area contributed by atoms with Gasteiger partial charge in [0.25, 0.3) is 0 Å². The van der Waals surface area contributed by atoms with Crippen molar-refractivity contribution in [3.05, 3.63) is 0 Å². The molecule has 0 amide bonds. The van der Waals surface area contributed by atoms with Crippen LogP contribution in [-0.2, 0) is 9.47 Å². The van der Waals surface area contributed by atoms with Gasteiger partial charge in [0.15, 0.2) is 5.96 Å². The van der Waals surface area contributed by atoms with Crippen molar-refractivity contribution in [1.82, 2.24) is 15.5 Å². The molecule has 0 aliphatic carbocycles. The molecule has 0 saturated carbocycles. The molecule has 1 unspecified atom stereocenters. The fourth-order valence-corrected chi connectivity index (χ4v) is 2.78. The maximum atomic E-state index is 5.47. The Morgan fingerprint density at radius 2 is 1.92 bits per heavy atom. The summed E-state index contributed by atoms with van der Waals surface area (Å²) in [5.41, 5.74) is 0. The van der Waals surface area contributed by atoms with E-state index in [-0.39, 0.29) is 24.0 Å². The first-order chi connectivity index (χ1) is 11.7. The van der Waals surface area contributed by atoms with E-state index < -0.39 is 0 Å². The van der Waals surface area contributed by atoms with Gasteiger partial charge in [0.1, 0.15) is 0 Å². The van der Waals surface area contributed by atoms with Gasteiger partial charge in [-0.05, 0) is 52.1 Å². The van der Waals surface area contributed by atoms with Crippen LogP contribution in [0.1, 0.15) is 40.0 Å². The highest BCUT2D eigenvalue weighted by Gasteiger charge is 2.19. The molecule has 1 saturated heterocycles. The molecule has 6 nitrogen and oxygen atoms in total. The normalized spacial score (nSPS) is 17.8. The Morgan fingerprint density at radius 1 is 1.20 bits per heavy atom. The Balaban J connectivity index is 0.00000576. The number of guanidine groups is 1. The standard InChI is InChI=1S/C18H38N4O2.HI/c1-5-19-18(20-9-6-12-24-14-13-23-4)21-15-17(3)22-10-7-16(2)8-11-22;/h16-17H,5-15H2,1-4H3,(H2,19,20,21);1H. The van der Waals surface area contributed by atoms with E-state index in [9.17, 15) is 0 Å². The summed E-state index contributed by atoms with van der Waals surface area (Å²) in [6, 6.07) is 0.505. The van der Waals surface area contributed by atoms with Crippen LogP contribution in [0.15, 0.2) is 4.99 Å². The molecule has 1 aliphatic heterocycles. The highest BCUT2D eigenvalue weighted by molar-refractivity contribution is 14.0. The average Bonchev–Trinajstić information content (AvgIpc) is 2.59. The lowest BCUT2D eigenvalue weighted by molar-refractivity contribution is 0.0698. The van der Waals surface area contributed by atoms with Gasteiger partial charge in [-0.1, -0.05) is 6.92 Å². The Kier molecular flexibility index (Phi) is 16.0. The smallest absolute Gasteiger partial charge is 0.191 e. The molecule has 2 N–H and O–H groups in total. The number of nitrogens with zero attached hydrogens (tertiary/aromatic N) is 2. The summed E-state index contributed by atoms with van der Waals surface area (Å²) < 4.78 is 10.4. The first-order valence-corrected chi connectivity index (χ1v) is 9.50. The maximum Gasteiger partial charge on any atom is 0.191 e. The Labute approximate surface area is 171 Å². The zero-order valence-corrected chi connectivity index (χ0v) is 18.9. The number of ether oxygens (including phenoxy) is 2. The van der Waals surface area contributed by atoms with Crippen molar-refractivity contribution in [3.63, 3.8) is 0 Å². The summed E-state index contributed by atoms with van der Waals surface area (Å²) in [6.45, 7) is 13.8. The second kappa shape index (κ2) is 16.1. The molecule has 1 rings (SSSR count). The third kappa shape index (κ3) is 12.0. The number of methoxy groups -OCH3 is 1. The van der Waals surface area contributed by atoms with Crippen molar-refractivity contribution >= 4 is 29.9 Å². The van der Waals surface area contributed by atoms with E-state index >= 15 is 0 Å². The average molecular weight is 470 g/mol. The van der Waals surface area contributed by atoms with Crippen LogP contribution in [0.2, 0.25) is 0 Å². The summed E-state index contributed by atoms with van der Waals surface area (Å²) in [4.78, 5) is 7.31. The summed E-state index contributed by atoms with van der Waals surface area (Å²) in [5, 5.41) is 6.70. The van der Waals surface area contributed by atoms with Crippen molar-refractivity contribution < 1.29 is 9.47 Å². The van der Waals surface area contributed by atoms with Gasteiger partial charge in [-0.3, -0.25) is 9.89 Å². The molecule has 0 aromatic heterocycles. The molecule has 1 fully saturated rings. The minimum atomic E-state index is 0. The van der Waals surface area contributed by atoms with Gasteiger partial charge in [-0.2, -0.15) is 0 Å². The summed E-state index contributed by atoms with van der Waals surface area (Å²) in [6.07, 6.45) is 3.60. The lowest BCUT2D eigenvalue weighted by Crippen LogP contribution is -2.43. The van der Waals surface area contributed by atoms with Gasteiger partial charge in [0.2, 0.25) is 0 Å². The summed E-state index contributed by atoms with van der Waals surface area (Å²) in [7, 11) is 1.69. The van der Waals surface area contributed by atoms with Crippen LogP contribution in [0, 0.1) is 5.92 Å². The van der Waals surface area contributed by atoms with Crippen molar-refractivity contribution in [3.8, 4) is 0 Å². The quantitative estimate of drug-likeness (QED) is 0.210. The third-order valence-electron chi connectivity index (χ3n) is 4.49. The van der Waals surface area contributed by atoms with Gasteiger partial charge in [0.05, 0.1) is 19.8 Å². The number of likely N-dealkylation sites (tertiary alicyclic amines) is 1. The number of hydrogen-bond acceptors (Lipinski definition) is 4. The predicted molar refractivity (Wildman–Crippen MR) is 116 cm³/mol. The van der Waals surface area contributed by atoms with E-state index in [0.717, 1.165) is 44.5 Å². The molecule has 0 aromatic carbocycles. The van der Waals surface area contributed by atoms with Crippen LogP contribution >= 0.6 is 24.0 Å². The van der Waals surface area contributed by atoms with Gasteiger partial charge < -0.3 is 20.1 Å². The van der Waals surface area contributed by atoms with E-state index in [0.29, 0.717) is 19.3 Å². The van der Waals surface area contributed by atoms with Crippen molar-refractivity contribution in [2.24, 2.45) is 10.9 Å². The van der Waals surface area contributed by atoms with Crippen LogP contribution in [0.4, 0.5) is 0 Å². The van der Waals surface area contributed by atoms with Crippen molar-refractivity contribution in [2.75, 3.05) is 59.7 Å². The minimum Gasteiger partial charge on any atom is -0.382 e. The van der Waals surface area contributed by atoms with E-state index in [2.05, 4.69) is 36.3 Å². The lowest BCUT2D eigenvalue weighted by Gasteiger charge is -2.34. The van der Waals surface area contributed by atoms with Crippen LogP contribution < -0.4 is 10.6 Å². The van der Waals surface area contributed by atoms with Crippen LogP contribution in [0.3, 0.4) is 0 Å². The van der Waals surface area contributed by atoms with E-state index in [1.807, 2.05) is 0 Å². The lowest BCUT2D eigenvalue weighted by atomic mass is 9.98. The molecule has 1 atom stereocenters. The van der Waals surface area contributed by atoms with E-state index in [1.165, 1.54) is 25.9 Å². The van der Waals surface area contributed by atoms with E-state index in [1.54, 1.807) is 7.11 Å². The topological polar surface area (TPSA) is 58.1 Å². The highest BCUT2D eigenvalue weighted by Crippen LogP contribution is 2.17. The Bertz CT molecular complexity index is 337. The van der Waals surface area contributed by atoms with Gasteiger partial charge in [-0.15, -0.1) is 24.0 Å². The summed E-state index contributed by atoms with van der Waals surface area (Å²) >= 11 is 0. The molecule has 0 radical (unpaired) electrons. The number of rotatable bonds is 11. The maximum absolute atomic E-state index is 5.47. The first kappa shape index (κ1) is 24.9. The first-order valence-electron chi connectivity index (χ1n) is 9.50. The largest absolute Gasteiger partial charge is 0.382 e. The molecule has 1 aliphatic rings. The Morgan fingerprint density at radius 3 is 2.56 bits per heavy atom. The molecule has 0 spiro atoms. The van der Waals surface area contributed by atoms with Gasteiger partial charge in [-0.25, -0.2) is 0 Å². The number of piperidine rings is 1. The van der Waals surface area contributed by atoms with Crippen LogP contribution in [0.25, 0.3) is 0 Å². The Hall–Kier alpha value is -0.120. The second-order valence-electron chi connectivity index (χ2n) is 6.67. The highest BCUT2D eigenvalue weighted by atomic mass is 127. The number of hydrogen-bond donors (Lipinski definition) is 2. The number of aliphatic imine (C=N–C) groups is 1. The minimum absolute atomic E-state index is 0. The fraction of sp³-hybridized carbons (Fsp3) is 0.944. The molecule has 25 heavy (non-hydrogen) atoms. The molecule has 0 aromatic rings. The monoisotopic (exact) mass is 470 g/mol. The van der Waals surface area contributed by atoms with Gasteiger partial charge in [0, 0.05) is 32.8 Å². The van der Waals surface area contributed by atoms with Crippen LogP contribution in [0.5, 0.6) is 0 Å². The van der Waals surface area contributed by atoms with Crippen LogP contribution in [-0.4, -0.2) is 76.6 Å². The predicted octanol–water partition coefficient (Wildman–Crippen LogP) is 2.33. The number of halogens is 1. The zero-order chi connectivity index (χ0) is 17.6. The SMILES string of the molecule is CCNC(=NCC(C)N1CCC(C)CC1)NCCCOCCOC.I. The molecule has 1 heterocycles. The van der Waals surface area contributed by atoms with Crippen molar-refractivity contribution in [2.45, 2.75) is 46.1 Å². The third-order valence-corrected chi connectivity index (χ3v) is 4.49. The zero-order valence-electron chi connectivity index (χ0n) is 16.6. The number of nitrogens with one attached hydrogen (secondary N) is 2. The molecule has 0 bridgehead atoms.